The number of hydrogen-bond donors (Lipinski definition) is 2. The van der Waals surface area contributed by atoms with Gasteiger partial charge in [0.25, 0.3) is 0 Å². The summed E-state index contributed by atoms with van der Waals surface area (Å²) in [4.78, 5) is 16.8. The molecule has 142 valence electrons. The van der Waals surface area contributed by atoms with E-state index in [4.69, 9.17) is 5.26 Å². The molecule has 28 heavy (non-hydrogen) atoms. The number of nitrogens with zero attached hydrogens (tertiary/aromatic N) is 2. The van der Waals surface area contributed by atoms with Crippen molar-refractivity contribution < 1.29 is 4.79 Å². The van der Waals surface area contributed by atoms with E-state index in [1.807, 2.05) is 12.1 Å². The number of carbonyl (C=O) groups excluding carboxylic acids is 1. The number of fused-ring (bicyclic) bond motifs is 1. The number of aromatic nitrogens is 1. The lowest BCUT2D eigenvalue weighted by molar-refractivity contribution is 0.262. The van der Waals surface area contributed by atoms with E-state index in [1.54, 1.807) is 18.2 Å². The number of anilines is 2. The number of rotatable bonds is 3. The second-order valence-electron chi connectivity index (χ2n) is 7.47. The first-order chi connectivity index (χ1) is 13.6. The third-order valence-corrected chi connectivity index (χ3v) is 6.30. The zero-order valence-corrected chi connectivity index (χ0v) is 16.6. The minimum absolute atomic E-state index is 0.311. The lowest BCUT2D eigenvalue weighted by atomic mass is 9.79. The molecule has 2 N–H and O–H groups in total. The van der Waals surface area contributed by atoms with E-state index in [1.165, 1.54) is 42.6 Å². The van der Waals surface area contributed by atoms with E-state index < -0.39 is 0 Å². The number of hydrogen-bond acceptors (Lipinski definition) is 4. The van der Waals surface area contributed by atoms with Crippen LogP contribution in [0.25, 0.3) is 10.2 Å². The normalized spacial score (nSPS) is 19.1. The van der Waals surface area contributed by atoms with Crippen molar-refractivity contribution in [2.45, 2.75) is 38.5 Å². The largest absolute Gasteiger partial charge is 0.325 e. The van der Waals surface area contributed by atoms with Crippen LogP contribution in [0.2, 0.25) is 0 Å². The molecule has 1 aliphatic carbocycles. The summed E-state index contributed by atoms with van der Waals surface area (Å²) in [6.45, 7) is 2.32. The summed E-state index contributed by atoms with van der Waals surface area (Å²) in [5, 5.41) is 15.2. The zero-order valence-electron chi connectivity index (χ0n) is 15.7. The van der Waals surface area contributed by atoms with E-state index in [-0.39, 0.29) is 6.03 Å². The fourth-order valence-corrected chi connectivity index (χ4v) is 4.67. The molecule has 0 bridgehead atoms. The quantitative estimate of drug-likeness (QED) is 0.567. The van der Waals surface area contributed by atoms with Gasteiger partial charge in [-0.3, -0.25) is 5.32 Å². The van der Waals surface area contributed by atoms with Gasteiger partial charge in [-0.05, 0) is 60.6 Å². The molecule has 3 aromatic rings. The minimum Gasteiger partial charge on any atom is -0.308 e. The molecule has 1 saturated carbocycles. The molecular weight excluding hydrogens is 368 g/mol. The van der Waals surface area contributed by atoms with E-state index in [0.29, 0.717) is 16.6 Å². The molecule has 1 aliphatic rings. The average Bonchev–Trinajstić information content (AvgIpc) is 3.09. The van der Waals surface area contributed by atoms with Gasteiger partial charge in [0, 0.05) is 5.69 Å². The third-order valence-electron chi connectivity index (χ3n) is 5.37. The standard InChI is InChI=1S/C22H22N4OS/c1-14-5-8-16(9-6-14)17-3-2-4-18(12-17)24-21(27)26-22-25-19-10-7-15(13-23)11-20(19)28-22/h2-4,7,10-12,14,16H,5-6,8-9H2,1H3,(H2,24,25,26,27). The molecular formula is C22H22N4OS. The Balaban J connectivity index is 1.42. The lowest BCUT2D eigenvalue weighted by Crippen LogP contribution is -2.19. The Morgan fingerprint density at radius 1 is 1.14 bits per heavy atom. The molecule has 5 nitrogen and oxygen atoms in total. The second kappa shape index (κ2) is 7.99. The van der Waals surface area contributed by atoms with Crippen LogP contribution in [-0.4, -0.2) is 11.0 Å². The van der Waals surface area contributed by atoms with Crippen LogP contribution >= 0.6 is 11.3 Å². The molecule has 6 heteroatoms. The first-order valence-corrected chi connectivity index (χ1v) is 10.4. The van der Waals surface area contributed by atoms with Crippen molar-refractivity contribution in [1.29, 1.82) is 5.26 Å². The van der Waals surface area contributed by atoms with Crippen molar-refractivity contribution >= 4 is 38.4 Å². The topological polar surface area (TPSA) is 77.8 Å². The van der Waals surface area contributed by atoms with E-state index in [0.717, 1.165) is 21.8 Å². The van der Waals surface area contributed by atoms with Gasteiger partial charge >= 0.3 is 6.03 Å². The summed E-state index contributed by atoms with van der Waals surface area (Å²) < 4.78 is 0.878. The molecule has 1 aromatic heterocycles. The molecule has 0 unspecified atom stereocenters. The third kappa shape index (κ3) is 4.15. The molecule has 4 rings (SSSR count). The van der Waals surface area contributed by atoms with Gasteiger partial charge in [-0.15, -0.1) is 0 Å². The van der Waals surface area contributed by atoms with Gasteiger partial charge in [-0.25, -0.2) is 9.78 Å². The van der Waals surface area contributed by atoms with E-state index in [9.17, 15) is 4.79 Å². The number of amides is 2. The molecule has 0 atom stereocenters. The monoisotopic (exact) mass is 390 g/mol. The van der Waals surface area contributed by atoms with Gasteiger partial charge in [0.05, 0.1) is 21.8 Å². The Kier molecular flexibility index (Phi) is 5.27. The molecule has 1 fully saturated rings. The summed E-state index contributed by atoms with van der Waals surface area (Å²) in [5.74, 6) is 1.40. The van der Waals surface area contributed by atoms with Crippen LogP contribution in [-0.2, 0) is 0 Å². The van der Waals surface area contributed by atoms with Crippen molar-refractivity contribution in [3.8, 4) is 6.07 Å². The lowest BCUT2D eigenvalue weighted by Gasteiger charge is -2.26. The van der Waals surface area contributed by atoms with Gasteiger partial charge in [-0.2, -0.15) is 5.26 Å². The molecule has 2 amide bonds. The Labute approximate surface area is 168 Å². The summed E-state index contributed by atoms with van der Waals surface area (Å²) in [6.07, 6.45) is 4.97. The van der Waals surface area contributed by atoms with Gasteiger partial charge in [0.15, 0.2) is 5.13 Å². The number of nitrogens with one attached hydrogen (secondary N) is 2. The van der Waals surface area contributed by atoms with Crippen LogP contribution in [0, 0.1) is 17.2 Å². The molecule has 0 saturated heterocycles. The fourth-order valence-electron chi connectivity index (χ4n) is 3.77. The van der Waals surface area contributed by atoms with Crippen molar-refractivity contribution in [2.75, 3.05) is 10.6 Å². The molecule has 1 heterocycles. The predicted octanol–water partition coefficient (Wildman–Crippen LogP) is 6.11. The summed E-state index contributed by atoms with van der Waals surface area (Å²) in [6, 6.07) is 15.3. The first kappa shape index (κ1) is 18.5. The molecule has 2 aromatic carbocycles. The van der Waals surface area contributed by atoms with Crippen LogP contribution < -0.4 is 10.6 Å². The van der Waals surface area contributed by atoms with Gasteiger partial charge < -0.3 is 5.32 Å². The molecule has 0 spiro atoms. The Hall–Kier alpha value is -2.91. The van der Waals surface area contributed by atoms with Crippen molar-refractivity contribution in [2.24, 2.45) is 5.92 Å². The molecule has 0 radical (unpaired) electrons. The number of thiazole rings is 1. The van der Waals surface area contributed by atoms with E-state index in [2.05, 4.69) is 40.7 Å². The maximum atomic E-state index is 12.4. The number of benzene rings is 2. The highest BCUT2D eigenvalue weighted by atomic mass is 32.1. The average molecular weight is 391 g/mol. The van der Waals surface area contributed by atoms with Crippen LogP contribution in [0.15, 0.2) is 42.5 Å². The highest BCUT2D eigenvalue weighted by Gasteiger charge is 2.20. The van der Waals surface area contributed by atoms with Gasteiger partial charge in [0.2, 0.25) is 0 Å². The Morgan fingerprint density at radius 2 is 1.96 bits per heavy atom. The van der Waals surface area contributed by atoms with Crippen LogP contribution in [0.1, 0.15) is 49.7 Å². The first-order valence-electron chi connectivity index (χ1n) is 9.59. The number of urea groups is 1. The van der Waals surface area contributed by atoms with Crippen molar-refractivity contribution in [1.82, 2.24) is 4.98 Å². The van der Waals surface area contributed by atoms with Gasteiger partial charge in [-0.1, -0.05) is 43.2 Å². The van der Waals surface area contributed by atoms with Crippen molar-refractivity contribution in [3.05, 3.63) is 53.6 Å². The number of carbonyl (C=O) groups is 1. The molecule has 0 aliphatic heterocycles. The maximum Gasteiger partial charge on any atom is 0.325 e. The van der Waals surface area contributed by atoms with Crippen LogP contribution in [0.4, 0.5) is 15.6 Å². The highest BCUT2D eigenvalue weighted by Crippen LogP contribution is 2.36. The van der Waals surface area contributed by atoms with Crippen molar-refractivity contribution in [3.63, 3.8) is 0 Å². The predicted molar refractivity (Wildman–Crippen MR) is 114 cm³/mol. The summed E-state index contributed by atoms with van der Waals surface area (Å²) in [7, 11) is 0. The summed E-state index contributed by atoms with van der Waals surface area (Å²) in [5.41, 5.74) is 3.45. The number of nitriles is 1. The Morgan fingerprint density at radius 3 is 2.75 bits per heavy atom. The van der Waals surface area contributed by atoms with Gasteiger partial charge in [0.1, 0.15) is 0 Å². The SMILES string of the molecule is CC1CCC(c2cccc(NC(=O)Nc3nc4ccc(C#N)cc4s3)c2)CC1. The second-order valence-corrected chi connectivity index (χ2v) is 8.51. The van der Waals surface area contributed by atoms with Crippen LogP contribution in [0.5, 0.6) is 0 Å². The Bertz CT molecular complexity index is 1040. The summed E-state index contributed by atoms with van der Waals surface area (Å²) >= 11 is 1.36. The zero-order chi connectivity index (χ0) is 19.5. The van der Waals surface area contributed by atoms with E-state index >= 15 is 0 Å². The fraction of sp³-hybridized carbons (Fsp3) is 0.318. The van der Waals surface area contributed by atoms with Crippen LogP contribution in [0.3, 0.4) is 0 Å². The highest BCUT2D eigenvalue weighted by molar-refractivity contribution is 7.22. The maximum absolute atomic E-state index is 12.4. The smallest absolute Gasteiger partial charge is 0.308 e. The minimum atomic E-state index is -0.311.